The van der Waals surface area contributed by atoms with Gasteiger partial charge in [0, 0.05) is 10.7 Å². The summed E-state index contributed by atoms with van der Waals surface area (Å²) in [5, 5.41) is 3.92. The van der Waals surface area contributed by atoms with E-state index in [4.69, 9.17) is 9.57 Å². The quantitative estimate of drug-likeness (QED) is 0.465. The summed E-state index contributed by atoms with van der Waals surface area (Å²) in [5.74, 6) is 0.379. The first kappa shape index (κ1) is 12.5. The first-order chi connectivity index (χ1) is 7.29. The Balaban J connectivity index is 2.79. The average molecular weight is 247 g/mol. The lowest BCUT2D eigenvalue weighted by molar-refractivity contribution is -0.140. The molecule has 1 N–H and O–H groups in total. The molecule has 0 amide bonds. The smallest absolute Gasteiger partial charge is 0.357 e. The van der Waals surface area contributed by atoms with Gasteiger partial charge in [-0.3, -0.25) is 10.3 Å². The van der Waals surface area contributed by atoms with E-state index in [1.165, 1.54) is 18.9 Å². The van der Waals surface area contributed by atoms with Crippen molar-refractivity contribution in [1.82, 2.24) is 5.48 Å². The van der Waals surface area contributed by atoms with Crippen LogP contribution in [0.2, 0.25) is 0 Å². The van der Waals surface area contributed by atoms with E-state index in [-0.39, 0.29) is 5.97 Å². The Bertz CT molecular complexity index is 289. The molecule has 1 heterocycles. The fourth-order valence-corrected chi connectivity index (χ4v) is 2.77. The minimum Gasteiger partial charge on any atom is -0.461 e. The highest BCUT2D eigenvalue weighted by atomic mass is 32.2. The van der Waals surface area contributed by atoms with Gasteiger partial charge in [-0.25, -0.2) is 4.79 Å². The van der Waals surface area contributed by atoms with Gasteiger partial charge >= 0.3 is 5.97 Å². The molecular formula is C9H13NO3S2. The number of carbonyl (C=O) groups is 1. The van der Waals surface area contributed by atoms with Crippen LogP contribution < -0.4 is 5.48 Å². The van der Waals surface area contributed by atoms with E-state index in [0.29, 0.717) is 12.3 Å². The van der Waals surface area contributed by atoms with Crippen LogP contribution in [0.4, 0.5) is 0 Å². The lowest BCUT2D eigenvalue weighted by Crippen LogP contribution is -2.23. The molecule has 0 saturated heterocycles. The van der Waals surface area contributed by atoms with Gasteiger partial charge in [0.2, 0.25) is 0 Å². The third-order valence-electron chi connectivity index (χ3n) is 1.54. The summed E-state index contributed by atoms with van der Waals surface area (Å²) < 4.78 is 4.92. The van der Waals surface area contributed by atoms with Gasteiger partial charge in [0.05, 0.1) is 13.7 Å². The maximum atomic E-state index is 11.6. The van der Waals surface area contributed by atoms with Gasteiger partial charge in [-0.2, -0.15) is 0 Å². The zero-order chi connectivity index (χ0) is 11.1. The minimum atomic E-state index is -0.377. The number of thioether (sulfide) groups is 2. The van der Waals surface area contributed by atoms with Crippen LogP contribution in [0.1, 0.15) is 6.92 Å². The van der Waals surface area contributed by atoms with Crippen molar-refractivity contribution in [3.63, 3.8) is 0 Å². The highest BCUT2D eigenvalue weighted by molar-refractivity contribution is 8.11. The third kappa shape index (κ3) is 3.81. The summed E-state index contributed by atoms with van der Waals surface area (Å²) in [7, 11) is 1.47. The second-order valence-electron chi connectivity index (χ2n) is 2.53. The number of ether oxygens (including phenoxy) is 1. The van der Waals surface area contributed by atoms with Crippen LogP contribution in [0.3, 0.4) is 0 Å². The van der Waals surface area contributed by atoms with Gasteiger partial charge in [0.1, 0.15) is 0 Å². The fraction of sp³-hybridized carbons (Fsp3) is 0.444. The normalized spacial score (nSPS) is 18.5. The maximum Gasteiger partial charge on any atom is 0.357 e. The molecule has 1 aliphatic heterocycles. The molecule has 0 aromatic rings. The van der Waals surface area contributed by atoms with Crippen molar-refractivity contribution >= 4 is 29.5 Å². The third-order valence-corrected chi connectivity index (χ3v) is 3.58. The maximum absolute atomic E-state index is 11.6. The number of hydrogen-bond acceptors (Lipinski definition) is 6. The first-order valence-electron chi connectivity index (χ1n) is 4.42. The molecule has 0 spiro atoms. The lowest BCUT2D eigenvalue weighted by atomic mass is 10.4. The molecule has 0 radical (unpaired) electrons. The molecule has 0 atom stereocenters. The second-order valence-corrected chi connectivity index (χ2v) is 4.42. The van der Waals surface area contributed by atoms with E-state index in [2.05, 4.69) is 5.48 Å². The molecule has 15 heavy (non-hydrogen) atoms. The molecule has 0 bridgehead atoms. The molecule has 0 aromatic heterocycles. The van der Waals surface area contributed by atoms with Gasteiger partial charge in [-0.15, -0.1) is 11.8 Å². The van der Waals surface area contributed by atoms with E-state index < -0.39 is 0 Å². The number of hydroxylamine groups is 1. The Labute approximate surface area is 97.4 Å². The Morgan fingerprint density at radius 3 is 2.93 bits per heavy atom. The van der Waals surface area contributed by atoms with Crippen molar-refractivity contribution in [2.45, 2.75) is 6.92 Å². The van der Waals surface area contributed by atoms with E-state index in [1.807, 2.05) is 10.8 Å². The SMILES string of the molecule is CCOC(=O)C(NOC)=C1CSC=CS1. The molecule has 0 fully saturated rings. The fourth-order valence-electron chi connectivity index (χ4n) is 0.956. The molecule has 0 aromatic carbocycles. The Kier molecular flexibility index (Phi) is 5.67. The van der Waals surface area contributed by atoms with Crippen molar-refractivity contribution in [2.24, 2.45) is 0 Å². The number of hydrogen-bond donors (Lipinski definition) is 1. The number of nitrogens with one attached hydrogen (secondary N) is 1. The van der Waals surface area contributed by atoms with E-state index in [0.717, 1.165) is 10.7 Å². The highest BCUT2D eigenvalue weighted by Crippen LogP contribution is 2.30. The van der Waals surface area contributed by atoms with Gasteiger partial charge in [0.15, 0.2) is 5.70 Å². The predicted molar refractivity (Wildman–Crippen MR) is 63.0 cm³/mol. The number of rotatable bonds is 4. The summed E-state index contributed by atoms with van der Waals surface area (Å²) in [4.78, 5) is 17.3. The zero-order valence-corrected chi connectivity index (χ0v) is 10.2. The molecule has 0 saturated carbocycles. The van der Waals surface area contributed by atoms with Crippen molar-refractivity contribution in [3.05, 3.63) is 21.4 Å². The topological polar surface area (TPSA) is 47.6 Å². The van der Waals surface area contributed by atoms with Crippen LogP contribution in [-0.4, -0.2) is 25.4 Å². The Hall–Kier alpha value is -0.590. The molecule has 0 unspecified atom stereocenters. The first-order valence-corrected chi connectivity index (χ1v) is 6.35. The van der Waals surface area contributed by atoms with Gasteiger partial charge in [0.25, 0.3) is 0 Å². The molecule has 6 heteroatoms. The molecule has 1 rings (SSSR count). The van der Waals surface area contributed by atoms with E-state index in [9.17, 15) is 4.79 Å². The largest absolute Gasteiger partial charge is 0.461 e. The second kappa shape index (κ2) is 6.81. The average Bonchev–Trinajstić information content (AvgIpc) is 2.27. The van der Waals surface area contributed by atoms with Crippen molar-refractivity contribution in [1.29, 1.82) is 0 Å². The lowest BCUT2D eigenvalue weighted by Gasteiger charge is -2.14. The highest BCUT2D eigenvalue weighted by Gasteiger charge is 2.18. The van der Waals surface area contributed by atoms with Gasteiger partial charge in [-0.05, 0) is 17.7 Å². The van der Waals surface area contributed by atoms with Gasteiger partial charge in [-0.1, -0.05) is 11.8 Å². The van der Waals surface area contributed by atoms with Crippen LogP contribution in [0.25, 0.3) is 0 Å². The standard InChI is InChI=1S/C9H13NO3S2/c1-3-13-9(11)8(10-12-2)7-6-14-4-5-15-7/h4-5,10H,3,6H2,1-2H3. The number of carbonyl (C=O) groups excluding carboxylic acids is 1. The van der Waals surface area contributed by atoms with Crippen molar-refractivity contribution < 1.29 is 14.4 Å². The zero-order valence-electron chi connectivity index (χ0n) is 8.61. The summed E-state index contributed by atoms with van der Waals surface area (Å²) in [6.07, 6.45) is 0. The van der Waals surface area contributed by atoms with E-state index in [1.54, 1.807) is 18.7 Å². The summed E-state index contributed by atoms with van der Waals surface area (Å²) in [6.45, 7) is 2.13. The van der Waals surface area contributed by atoms with Crippen LogP contribution in [0.15, 0.2) is 21.4 Å². The van der Waals surface area contributed by atoms with Gasteiger partial charge < -0.3 is 4.74 Å². The van der Waals surface area contributed by atoms with Crippen LogP contribution in [0, 0.1) is 0 Å². The molecule has 4 nitrogen and oxygen atoms in total. The van der Waals surface area contributed by atoms with Crippen molar-refractivity contribution in [3.8, 4) is 0 Å². The van der Waals surface area contributed by atoms with Crippen LogP contribution >= 0.6 is 23.5 Å². The summed E-state index contributed by atoms with van der Waals surface area (Å²) in [6, 6.07) is 0. The molecule has 84 valence electrons. The van der Waals surface area contributed by atoms with E-state index >= 15 is 0 Å². The summed E-state index contributed by atoms with van der Waals surface area (Å²) in [5.41, 5.74) is 2.96. The monoisotopic (exact) mass is 247 g/mol. The minimum absolute atomic E-state index is 0.356. The Morgan fingerprint density at radius 1 is 1.60 bits per heavy atom. The summed E-state index contributed by atoms with van der Waals surface area (Å²) >= 11 is 3.13. The molecular weight excluding hydrogens is 234 g/mol. The molecule has 0 aliphatic carbocycles. The van der Waals surface area contributed by atoms with Crippen LogP contribution in [0.5, 0.6) is 0 Å². The Morgan fingerprint density at radius 2 is 2.40 bits per heavy atom. The molecule has 1 aliphatic rings. The van der Waals surface area contributed by atoms with Crippen LogP contribution in [-0.2, 0) is 14.4 Å². The van der Waals surface area contributed by atoms with Crippen molar-refractivity contribution in [2.75, 3.05) is 19.5 Å². The predicted octanol–water partition coefficient (Wildman–Crippen LogP) is 1.86. The number of esters is 1.